The zero-order valence-corrected chi connectivity index (χ0v) is 17.3. The molecule has 2 aromatic carbocycles. The van der Waals surface area contributed by atoms with Crippen molar-refractivity contribution in [2.75, 3.05) is 24.8 Å². The fraction of sp³-hybridized carbons (Fsp3) is 0.250. The van der Waals surface area contributed by atoms with Gasteiger partial charge in [-0.25, -0.2) is 4.39 Å². The summed E-state index contributed by atoms with van der Waals surface area (Å²) >= 11 is 7.22. The summed E-state index contributed by atoms with van der Waals surface area (Å²) in [6.07, 6.45) is 0.768. The van der Waals surface area contributed by atoms with E-state index in [1.807, 2.05) is 16.7 Å². The van der Waals surface area contributed by atoms with Gasteiger partial charge in [-0.05, 0) is 42.8 Å². The maximum absolute atomic E-state index is 13.7. The average molecular weight is 435 g/mol. The van der Waals surface area contributed by atoms with E-state index in [0.717, 1.165) is 12.0 Å². The maximum atomic E-state index is 13.7. The molecule has 0 radical (unpaired) electrons. The van der Waals surface area contributed by atoms with Crippen molar-refractivity contribution in [3.05, 3.63) is 59.4 Å². The van der Waals surface area contributed by atoms with Crippen LogP contribution < -0.4 is 5.32 Å². The molecule has 0 atom stereocenters. The average Bonchev–Trinajstić information content (AvgIpc) is 3.12. The van der Waals surface area contributed by atoms with E-state index in [4.69, 9.17) is 16.3 Å². The largest absolute Gasteiger partial charge is 0.385 e. The van der Waals surface area contributed by atoms with E-state index in [9.17, 15) is 9.18 Å². The molecule has 0 aliphatic rings. The van der Waals surface area contributed by atoms with Gasteiger partial charge in [-0.3, -0.25) is 4.79 Å². The van der Waals surface area contributed by atoms with Crippen molar-refractivity contribution < 1.29 is 13.9 Å². The van der Waals surface area contributed by atoms with E-state index in [1.54, 1.807) is 31.4 Å². The summed E-state index contributed by atoms with van der Waals surface area (Å²) in [6.45, 7) is 1.23. The molecule has 152 valence electrons. The second-order valence-corrected chi connectivity index (χ2v) is 7.51. The first kappa shape index (κ1) is 21.3. The molecule has 1 N–H and O–H groups in total. The Kier molecular flexibility index (Phi) is 7.62. The van der Waals surface area contributed by atoms with Crippen molar-refractivity contribution in [2.45, 2.75) is 18.1 Å². The Labute approximate surface area is 177 Å². The van der Waals surface area contributed by atoms with E-state index in [1.165, 1.54) is 23.9 Å². The molecule has 0 bridgehead atoms. The highest BCUT2D eigenvalue weighted by Gasteiger charge is 2.16. The number of benzene rings is 2. The summed E-state index contributed by atoms with van der Waals surface area (Å²) in [6, 6.07) is 13.4. The van der Waals surface area contributed by atoms with Crippen LogP contribution in [0.1, 0.15) is 6.42 Å². The molecule has 1 heterocycles. The van der Waals surface area contributed by atoms with Gasteiger partial charge >= 0.3 is 0 Å². The van der Waals surface area contributed by atoms with Crippen LogP contribution in [-0.4, -0.2) is 40.1 Å². The van der Waals surface area contributed by atoms with Crippen LogP contribution in [0.5, 0.6) is 0 Å². The molecule has 0 aliphatic carbocycles. The van der Waals surface area contributed by atoms with Gasteiger partial charge in [0, 0.05) is 30.8 Å². The lowest BCUT2D eigenvalue weighted by atomic mass is 10.2. The Bertz CT molecular complexity index is 965. The van der Waals surface area contributed by atoms with Crippen LogP contribution in [-0.2, 0) is 16.1 Å². The fourth-order valence-corrected chi connectivity index (χ4v) is 3.55. The second kappa shape index (κ2) is 10.4. The third-order valence-electron chi connectivity index (χ3n) is 4.03. The number of hydrogen-bond donors (Lipinski definition) is 1. The van der Waals surface area contributed by atoms with Gasteiger partial charge in [0.1, 0.15) is 5.82 Å². The number of methoxy groups -OCH3 is 1. The predicted octanol–water partition coefficient (Wildman–Crippen LogP) is 4.50. The van der Waals surface area contributed by atoms with Gasteiger partial charge in [-0.1, -0.05) is 35.5 Å². The topological polar surface area (TPSA) is 69.0 Å². The van der Waals surface area contributed by atoms with Crippen molar-refractivity contribution in [1.82, 2.24) is 14.8 Å². The molecule has 0 aliphatic heterocycles. The van der Waals surface area contributed by atoms with Crippen molar-refractivity contribution in [2.24, 2.45) is 0 Å². The Morgan fingerprint density at radius 2 is 1.97 bits per heavy atom. The summed E-state index contributed by atoms with van der Waals surface area (Å²) in [5.74, 6) is -0.0230. The molecule has 0 saturated carbocycles. The lowest BCUT2D eigenvalue weighted by molar-refractivity contribution is -0.113. The number of carbonyl (C=O) groups is 1. The van der Waals surface area contributed by atoms with Crippen LogP contribution in [0.15, 0.2) is 53.7 Å². The fourth-order valence-electron chi connectivity index (χ4n) is 2.66. The van der Waals surface area contributed by atoms with Crippen LogP contribution in [0, 0.1) is 5.82 Å². The summed E-state index contributed by atoms with van der Waals surface area (Å²) in [5.41, 5.74) is 1.03. The monoisotopic (exact) mass is 434 g/mol. The van der Waals surface area contributed by atoms with E-state index in [2.05, 4.69) is 15.5 Å². The van der Waals surface area contributed by atoms with Gasteiger partial charge in [-0.15, -0.1) is 10.2 Å². The number of carbonyl (C=O) groups excluding carboxylic acids is 1. The van der Waals surface area contributed by atoms with Gasteiger partial charge in [0.2, 0.25) is 5.91 Å². The quantitative estimate of drug-likeness (QED) is 0.396. The van der Waals surface area contributed by atoms with Crippen LogP contribution in [0.25, 0.3) is 11.4 Å². The summed E-state index contributed by atoms with van der Waals surface area (Å²) in [4.78, 5) is 12.2. The lowest BCUT2D eigenvalue weighted by Crippen LogP contribution is -2.15. The molecule has 0 spiro atoms. The molecule has 1 aromatic heterocycles. The standard InChI is InChI=1S/C20H20ClFN4O2S/c1-28-12-4-11-26-19(14-7-9-15(21)10-8-14)24-25-20(26)29-13-18(27)23-17-6-3-2-5-16(17)22/h2-3,5-10H,4,11-13H2,1H3,(H,23,27). The van der Waals surface area contributed by atoms with Gasteiger partial charge < -0.3 is 14.6 Å². The number of nitrogens with one attached hydrogen (secondary N) is 1. The molecule has 3 rings (SSSR count). The number of aromatic nitrogens is 3. The second-order valence-electron chi connectivity index (χ2n) is 6.13. The van der Waals surface area contributed by atoms with Crippen molar-refractivity contribution in [3.63, 3.8) is 0 Å². The van der Waals surface area contributed by atoms with Gasteiger partial charge in [0.25, 0.3) is 0 Å². The summed E-state index contributed by atoms with van der Waals surface area (Å²) in [5, 5.41) is 12.3. The molecular weight excluding hydrogens is 415 g/mol. The molecule has 6 nitrogen and oxygen atoms in total. The zero-order valence-electron chi connectivity index (χ0n) is 15.8. The number of halogens is 2. The summed E-state index contributed by atoms with van der Waals surface area (Å²) in [7, 11) is 1.65. The molecule has 9 heteroatoms. The zero-order chi connectivity index (χ0) is 20.6. The Balaban J connectivity index is 1.73. The van der Waals surface area contributed by atoms with Gasteiger partial charge in [0.05, 0.1) is 11.4 Å². The number of para-hydroxylation sites is 1. The first-order chi connectivity index (χ1) is 14.1. The Morgan fingerprint density at radius 3 is 2.69 bits per heavy atom. The number of hydrogen-bond acceptors (Lipinski definition) is 5. The van der Waals surface area contributed by atoms with Crippen molar-refractivity contribution >= 4 is 35.0 Å². The molecule has 1 amide bonds. The predicted molar refractivity (Wildman–Crippen MR) is 113 cm³/mol. The highest BCUT2D eigenvalue weighted by molar-refractivity contribution is 7.99. The highest BCUT2D eigenvalue weighted by atomic mass is 35.5. The third kappa shape index (κ3) is 5.79. The number of anilines is 1. The number of ether oxygens (including phenoxy) is 1. The smallest absolute Gasteiger partial charge is 0.234 e. The first-order valence-electron chi connectivity index (χ1n) is 8.93. The number of nitrogens with zero attached hydrogens (tertiary/aromatic N) is 3. The molecule has 29 heavy (non-hydrogen) atoms. The van der Waals surface area contributed by atoms with Crippen LogP contribution in [0.4, 0.5) is 10.1 Å². The Morgan fingerprint density at radius 1 is 1.21 bits per heavy atom. The molecule has 3 aromatic rings. The van der Waals surface area contributed by atoms with E-state index in [-0.39, 0.29) is 17.3 Å². The highest BCUT2D eigenvalue weighted by Crippen LogP contribution is 2.26. The van der Waals surface area contributed by atoms with Crippen LogP contribution in [0.3, 0.4) is 0 Å². The van der Waals surface area contributed by atoms with Crippen LogP contribution >= 0.6 is 23.4 Å². The van der Waals surface area contributed by atoms with Gasteiger partial charge in [-0.2, -0.15) is 0 Å². The van der Waals surface area contributed by atoms with E-state index >= 15 is 0 Å². The lowest BCUT2D eigenvalue weighted by Gasteiger charge is -2.10. The minimum absolute atomic E-state index is 0.0807. The van der Waals surface area contributed by atoms with Gasteiger partial charge in [0.15, 0.2) is 11.0 Å². The molecular formula is C20H20ClFN4O2S. The van der Waals surface area contributed by atoms with E-state index in [0.29, 0.717) is 29.2 Å². The molecule has 0 saturated heterocycles. The third-order valence-corrected chi connectivity index (χ3v) is 5.25. The van der Waals surface area contributed by atoms with E-state index < -0.39 is 5.82 Å². The summed E-state index contributed by atoms with van der Waals surface area (Å²) < 4.78 is 20.8. The first-order valence-corrected chi connectivity index (χ1v) is 10.3. The Hall–Kier alpha value is -2.42. The minimum atomic E-state index is -0.474. The normalized spacial score (nSPS) is 10.9. The minimum Gasteiger partial charge on any atom is -0.385 e. The SMILES string of the molecule is COCCCn1c(SCC(=O)Nc2ccccc2F)nnc1-c1ccc(Cl)cc1. The molecule has 0 fully saturated rings. The number of rotatable bonds is 9. The maximum Gasteiger partial charge on any atom is 0.234 e. The number of thioether (sulfide) groups is 1. The van der Waals surface area contributed by atoms with Crippen molar-refractivity contribution in [1.29, 1.82) is 0 Å². The number of amides is 1. The van der Waals surface area contributed by atoms with Crippen molar-refractivity contribution in [3.8, 4) is 11.4 Å². The van der Waals surface area contributed by atoms with Crippen LogP contribution in [0.2, 0.25) is 5.02 Å². The molecule has 0 unspecified atom stereocenters.